The molecule has 2 aromatic rings. The van der Waals surface area contributed by atoms with Gasteiger partial charge >= 0.3 is 0 Å². The highest BCUT2D eigenvalue weighted by atomic mass is 35.5. The highest BCUT2D eigenvalue weighted by molar-refractivity contribution is 8.45. The van der Waals surface area contributed by atoms with Crippen LogP contribution in [-0.2, 0) is 10.5 Å². The van der Waals surface area contributed by atoms with E-state index in [0.717, 1.165) is 26.3 Å². The van der Waals surface area contributed by atoms with Gasteiger partial charge in [0, 0.05) is 10.8 Å². The first kappa shape index (κ1) is 17.1. The summed E-state index contributed by atoms with van der Waals surface area (Å²) in [7, 11) is 0. The lowest BCUT2D eigenvalue weighted by molar-refractivity contribution is -0.107. The Labute approximate surface area is 154 Å². The lowest BCUT2D eigenvalue weighted by atomic mass is 10.2. The molecule has 5 heteroatoms. The van der Waals surface area contributed by atoms with Crippen LogP contribution in [0.15, 0.2) is 77.4 Å². The molecule has 2 nitrogen and oxygen atoms in total. The molecule has 24 heavy (non-hydrogen) atoms. The summed E-state index contributed by atoms with van der Waals surface area (Å²) >= 11 is 8.63. The number of thioether (sulfide) groups is 2. The van der Waals surface area contributed by atoms with E-state index in [0.29, 0.717) is 5.70 Å². The molecule has 1 aliphatic rings. The van der Waals surface area contributed by atoms with Gasteiger partial charge in [0.15, 0.2) is 0 Å². The van der Waals surface area contributed by atoms with Crippen molar-refractivity contribution >= 4 is 50.7 Å². The van der Waals surface area contributed by atoms with Gasteiger partial charge in [-0.15, -0.1) is 0 Å². The molecule has 1 heterocycles. The van der Waals surface area contributed by atoms with Gasteiger partial charge in [0.05, 0.1) is 0 Å². The normalized spacial score (nSPS) is 16.1. The number of hydrogen-bond donors (Lipinski definition) is 0. The van der Waals surface area contributed by atoms with E-state index >= 15 is 0 Å². The van der Waals surface area contributed by atoms with Crippen LogP contribution >= 0.6 is 35.1 Å². The van der Waals surface area contributed by atoms with Gasteiger partial charge in [0.25, 0.3) is 0 Å². The fourth-order valence-corrected chi connectivity index (χ4v) is 3.94. The van der Waals surface area contributed by atoms with Crippen molar-refractivity contribution in [3.05, 3.63) is 88.6 Å². The van der Waals surface area contributed by atoms with E-state index in [1.165, 1.54) is 11.8 Å². The fraction of sp³-hybridized carbons (Fsp3) is 0.0526. The van der Waals surface area contributed by atoms with E-state index < -0.39 is 0 Å². The van der Waals surface area contributed by atoms with Crippen LogP contribution in [0.5, 0.6) is 0 Å². The molecule has 0 spiro atoms. The second kappa shape index (κ2) is 8.38. The summed E-state index contributed by atoms with van der Waals surface area (Å²) in [5.74, 6) is 0.767. The van der Waals surface area contributed by atoms with Gasteiger partial charge in [0.2, 0.25) is 5.12 Å². The van der Waals surface area contributed by atoms with Crippen LogP contribution < -0.4 is 0 Å². The zero-order valence-corrected chi connectivity index (χ0v) is 15.1. The SMILES string of the molecule is O=C1SC(SCc2ccc(Cl)cc2)=N/C1=C/C=C/c1ccccc1. The second-order valence-corrected chi connectivity index (χ2v) is 7.62. The van der Waals surface area contributed by atoms with Gasteiger partial charge in [0.1, 0.15) is 10.1 Å². The first-order valence-corrected chi connectivity index (χ1v) is 9.50. The Bertz CT molecular complexity index is 811. The summed E-state index contributed by atoms with van der Waals surface area (Å²) < 4.78 is 0.786. The Kier molecular flexibility index (Phi) is 5.96. The van der Waals surface area contributed by atoms with Gasteiger partial charge in [-0.2, -0.15) is 0 Å². The van der Waals surface area contributed by atoms with Crippen LogP contribution in [0, 0.1) is 0 Å². The quantitative estimate of drug-likeness (QED) is 0.636. The molecular formula is C19H14ClNOS2. The number of nitrogens with zero attached hydrogens (tertiary/aromatic N) is 1. The van der Waals surface area contributed by atoms with E-state index in [2.05, 4.69) is 4.99 Å². The van der Waals surface area contributed by atoms with Gasteiger partial charge in [-0.05, 0) is 41.1 Å². The maximum Gasteiger partial charge on any atom is 0.244 e. The Morgan fingerprint density at radius 1 is 1.08 bits per heavy atom. The smallest absolute Gasteiger partial charge is 0.244 e. The lowest BCUT2D eigenvalue weighted by Gasteiger charge is -1.99. The topological polar surface area (TPSA) is 29.4 Å². The van der Waals surface area contributed by atoms with Gasteiger partial charge in [-0.25, -0.2) is 4.99 Å². The van der Waals surface area contributed by atoms with Gasteiger partial charge in [-0.1, -0.05) is 78.0 Å². The molecule has 0 radical (unpaired) electrons. The summed E-state index contributed by atoms with van der Waals surface area (Å²) in [4.78, 5) is 16.4. The molecule has 2 aromatic carbocycles. The molecule has 0 aliphatic carbocycles. The third-order valence-electron chi connectivity index (χ3n) is 3.22. The number of aliphatic imine (C=N–C) groups is 1. The summed E-state index contributed by atoms with van der Waals surface area (Å²) in [5.41, 5.74) is 2.74. The Morgan fingerprint density at radius 3 is 2.58 bits per heavy atom. The first-order chi connectivity index (χ1) is 11.7. The molecule has 0 unspecified atom stereocenters. The monoisotopic (exact) mass is 371 g/mol. The van der Waals surface area contributed by atoms with E-state index in [1.807, 2.05) is 66.7 Å². The highest BCUT2D eigenvalue weighted by Gasteiger charge is 2.21. The van der Waals surface area contributed by atoms with E-state index in [4.69, 9.17) is 11.6 Å². The summed E-state index contributed by atoms with van der Waals surface area (Å²) in [6.45, 7) is 0. The molecule has 120 valence electrons. The average Bonchev–Trinajstić information content (AvgIpc) is 2.95. The van der Waals surface area contributed by atoms with Crippen molar-refractivity contribution in [2.45, 2.75) is 5.75 Å². The molecule has 0 fully saturated rings. The standard InChI is InChI=1S/C19H14ClNOS2/c20-16-11-9-15(10-12-16)13-23-19-21-17(18(22)24-19)8-4-7-14-5-2-1-3-6-14/h1-12H,13H2/b7-4+,17-8+. The predicted octanol–water partition coefficient (Wildman–Crippen LogP) is 5.80. The zero-order chi connectivity index (χ0) is 16.8. The van der Waals surface area contributed by atoms with Crippen LogP contribution in [0.1, 0.15) is 11.1 Å². The molecule has 0 saturated carbocycles. The summed E-state index contributed by atoms with van der Waals surface area (Å²) in [5, 5.41) is 0.716. The largest absolute Gasteiger partial charge is 0.279 e. The van der Waals surface area contributed by atoms with Crippen LogP contribution in [0.4, 0.5) is 0 Å². The third kappa shape index (κ3) is 4.87. The number of carbonyl (C=O) groups is 1. The Balaban J connectivity index is 1.61. The third-order valence-corrected chi connectivity index (χ3v) is 5.55. The van der Waals surface area contributed by atoms with Crippen LogP contribution in [-0.4, -0.2) is 9.49 Å². The molecule has 0 aromatic heterocycles. The highest BCUT2D eigenvalue weighted by Crippen LogP contribution is 2.31. The van der Waals surface area contributed by atoms with E-state index in [9.17, 15) is 4.79 Å². The maximum atomic E-state index is 12.0. The molecule has 1 aliphatic heterocycles. The van der Waals surface area contributed by atoms with Crippen molar-refractivity contribution in [2.24, 2.45) is 4.99 Å². The predicted molar refractivity (Wildman–Crippen MR) is 106 cm³/mol. The van der Waals surface area contributed by atoms with Crippen LogP contribution in [0.25, 0.3) is 6.08 Å². The number of carbonyl (C=O) groups excluding carboxylic acids is 1. The number of benzene rings is 2. The number of halogens is 1. The van der Waals surface area contributed by atoms with Gasteiger partial charge in [-0.3, -0.25) is 4.79 Å². The zero-order valence-electron chi connectivity index (χ0n) is 12.7. The van der Waals surface area contributed by atoms with E-state index in [1.54, 1.807) is 17.8 Å². The van der Waals surface area contributed by atoms with Crippen molar-refractivity contribution < 1.29 is 4.79 Å². The van der Waals surface area contributed by atoms with Gasteiger partial charge < -0.3 is 0 Å². The van der Waals surface area contributed by atoms with Crippen molar-refractivity contribution in [1.82, 2.24) is 0 Å². The minimum Gasteiger partial charge on any atom is -0.279 e. The first-order valence-electron chi connectivity index (χ1n) is 7.32. The van der Waals surface area contributed by atoms with Crippen LogP contribution in [0.2, 0.25) is 5.02 Å². The summed E-state index contributed by atoms with van der Waals surface area (Å²) in [6.07, 6.45) is 5.58. The van der Waals surface area contributed by atoms with Crippen molar-refractivity contribution in [3.63, 3.8) is 0 Å². The number of hydrogen-bond acceptors (Lipinski definition) is 4. The molecular weight excluding hydrogens is 358 g/mol. The maximum absolute atomic E-state index is 12.0. The average molecular weight is 372 g/mol. The molecule has 0 atom stereocenters. The minimum atomic E-state index is -0.00804. The lowest BCUT2D eigenvalue weighted by Crippen LogP contribution is -1.87. The molecule has 3 rings (SSSR count). The summed E-state index contributed by atoms with van der Waals surface area (Å²) in [6, 6.07) is 17.7. The van der Waals surface area contributed by atoms with E-state index in [-0.39, 0.29) is 5.12 Å². The molecule has 0 N–H and O–H groups in total. The van der Waals surface area contributed by atoms with Crippen molar-refractivity contribution in [3.8, 4) is 0 Å². The Morgan fingerprint density at radius 2 is 1.83 bits per heavy atom. The number of allylic oxidation sites excluding steroid dienone is 2. The molecule has 0 saturated heterocycles. The van der Waals surface area contributed by atoms with Crippen LogP contribution in [0.3, 0.4) is 0 Å². The van der Waals surface area contributed by atoms with Crippen molar-refractivity contribution in [2.75, 3.05) is 0 Å². The minimum absolute atomic E-state index is 0.00804. The Hall–Kier alpha value is -1.75. The number of rotatable bonds is 4. The fourth-order valence-electron chi connectivity index (χ4n) is 2.01. The van der Waals surface area contributed by atoms with Crippen molar-refractivity contribution in [1.29, 1.82) is 0 Å². The molecule has 0 amide bonds. The second-order valence-electron chi connectivity index (χ2n) is 5.00. The molecule has 0 bridgehead atoms.